The van der Waals surface area contributed by atoms with Gasteiger partial charge in [0.25, 0.3) is 0 Å². The van der Waals surface area contributed by atoms with E-state index in [4.69, 9.17) is 0 Å². The molecule has 3 N–H and O–H groups in total. The third-order valence-corrected chi connectivity index (χ3v) is 11.3. The summed E-state index contributed by atoms with van der Waals surface area (Å²) >= 11 is 0. The van der Waals surface area contributed by atoms with Crippen LogP contribution >= 0.6 is 0 Å². The van der Waals surface area contributed by atoms with Crippen molar-refractivity contribution in [3.05, 3.63) is 0 Å². The van der Waals surface area contributed by atoms with Crippen molar-refractivity contribution >= 4 is 16.0 Å². The first-order valence-electron chi connectivity index (χ1n) is 13.5. The molecule has 1 amide bonds. The van der Waals surface area contributed by atoms with Gasteiger partial charge >= 0.3 is 29.6 Å². The third-order valence-electron chi connectivity index (χ3n) is 10.6. The maximum Gasteiger partial charge on any atom is 1.00 e. The summed E-state index contributed by atoms with van der Waals surface area (Å²) in [5.74, 6) is 3.18. The SMILES string of the molecule is C[C@H](CCC(=O)NCCS(=O)(=O)[O-])[C@@H]1CC[C@@H]2[C@@H]1[C@H](C)C[C@H]1[C@H]2[C@H](O)C[C@@H]2C[C@H](O)CC[C@@]21C.[Na+]. The van der Waals surface area contributed by atoms with E-state index in [-0.39, 0.29) is 59.6 Å². The molecule has 4 aliphatic carbocycles. The summed E-state index contributed by atoms with van der Waals surface area (Å²) in [7, 11) is -4.31. The summed E-state index contributed by atoms with van der Waals surface area (Å²) in [6, 6.07) is 0. The maximum atomic E-state index is 12.2. The molecule has 0 bridgehead atoms. The van der Waals surface area contributed by atoms with E-state index < -0.39 is 15.9 Å². The minimum absolute atomic E-state index is 0. The van der Waals surface area contributed by atoms with Crippen molar-refractivity contribution in [2.45, 2.75) is 90.8 Å². The summed E-state index contributed by atoms with van der Waals surface area (Å²) < 4.78 is 32.2. The van der Waals surface area contributed by atoms with E-state index in [1.807, 2.05) is 0 Å². The van der Waals surface area contributed by atoms with Crippen molar-refractivity contribution in [2.75, 3.05) is 12.3 Å². The molecule has 0 saturated heterocycles. The molecular formula is C26H44NNaO6S. The van der Waals surface area contributed by atoms with Crippen LogP contribution < -0.4 is 34.9 Å². The van der Waals surface area contributed by atoms with E-state index in [0.717, 1.165) is 51.4 Å². The van der Waals surface area contributed by atoms with Gasteiger partial charge in [-0.15, -0.1) is 0 Å². The smallest absolute Gasteiger partial charge is 0.748 e. The zero-order valence-corrected chi connectivity index (χ0v) is 24.8. The van der Waals surface area contributed by atoms with Crippen LogP contribution in [0.2, 0.25) is 0 Å². The molecule has 0 spiro atoms. The second-order valence-electron chi connectivity index (χ2n) is 12.4. The van der Waals surface area contributed by atoms with Crippen molar-refractivity contribution < 1.29 is 57.5 Å². The van der Waals surface area contributed by atoms with Gasteiger partial charge in [-0.25, -0.2) is 8.42 Å². The van der Waals surface area contributed by atoms with E-state index in [0.29, 0.717) is 53.8 Å². The van der Waals surface area contributed by atoms with Crippen molar-refractivity contribution in [1.82, 2.24) is 5.32 Å². The van der Waals surface area contributed by atoms with Crippen LogP contribution in [0.3, 0.4) is 0 Å². The zero-order chi connectivity index (χ0) is 24.8. The number of aliphatic hydroxyl groups is 2. The molecule has 196 valence electrons. The van der Waals surface area contributed by atoms with Gasteiger partial charge in [0.2, 0.25) is 5.91 Å². The largest absolute Gasteiger partial charge is 1.00 e. The number of fused-ring (bicyclic) bond motifs is 5. The molecule has 0 aliphatic heterocycles. The first-order chi connectivity index (χ1) is 15.9. The van der Waals surface area contributed by atoms with Crippen LogP contribution in [0.5, 0.6) is 0 Å². The Morgan fingerprint density at radius 2 is 1.86 bits per heavy atom. The van der Waals surface area contributed by atoms with Gasteiger partial charge in [-0.05, 0) is 104 Å². The zero-order valence-electron chi connectivity index (χ0n) is 22.0. The van der Waals surface area contributed by atoms with Gasteiger partial charge in [-0.3, -0.25) is 4.79 Å². The van der Waals surface area contributed by atoms with Crippen LogP contribution in [0.1, 0.15) is 78.6 Å². The number of carbonyl (C=O) groups excluding carboxylic acids is 1. The van der Waals surface area contributed by atoms with Gasteiger partial charge < -0.3 is 20.1 Å². The molecular weight excluding hydrogens is 477 g/mol. The van der Waals surface area contributed by atoms with E-state index >= 15 is 0 Å². The minimum Gasteiger partial charge on any atom is -0.748 e. The van der Waals surface area contributed by atoms with E-state index in [9.17, 15) is 28.0 Å². The molecule has 7 nitrogen and oxygen atoms in total. The van der Waals surface area contributed by atoms with E-state index in [1.54, 1.807) is 0 Å². The van der Waals surface area contributed by atoms with E-state index in [2.05, 4.69) is 26.1 Å². The number of carbonyl (C=O) groups is 1. The van der Waals surface area contributed by atoms with Crippen molar-refractivity contribution in [1.29, 1.82) is 0 Å². The quantitative estimate of drug-likeness (QED) is 0.318. The molecule has 4 rings (SSSR count). The molecule has 4 saturated carbocycles. The van der Waals surface area contributed by atoms with Crippen molar-refractivity contribution in [2.24, 2.45) is 52.8 Å². The van der Waals surface area contributed by atoms with Gasteiger partial charge in [0.15, 0.2) is 0 Å². The molecule has 4 aliphatic rings. The van der Waals surface area contributed by atoms with E-state index in [1.165, 1.54) is 0 Å². The van der Waals surface area contributed by atoms with Gasteiger partial charge in [0, 0.05) is 13.0 Å². The first-order valence-corrected chi connectivity index (χ1v) is 15.0. The minimum atomic E-state index is -4.31. The Labute approximate surface area is 233 Å². The molecule has 9 heteroatoms. The second-order valence-corrected chi connectivity index (χ2v) is 14.0. The predicted octanol–water partition coefficient (Wildman–Crippen LogP) is -0.0854. The maximum absolute atomic E-state index is 12.2. The molecule has 35 heavy (non-hydrogen) atoms. The Kier molecular flexibility index (Phi) is 9.88. The summed E-state index contributed by atoms with van der Waals surface area (Å²) in [6.07, 6.45) is 7.68. The second kappa shape index (κ2) is 11.6. The van der Waals surface area contributed by atoms with Crippen LogP contribution in [0.4, 0.5) is 0 Å². The number of amides is 1. The molecule has 0 heterocycles. The summed E-state index contributed by atoms with van der Waals surface area (Å²) in [6.45, 7) is 6.94. The van der Waals surface area contributed by atoms with Crippen LogP contribution in [0.15, 0.2) is 0 Å². The number of hydrogen-bond donors (Lipinski definition) is 3. The topological polar surface area (TPSA) is 127 Å². The number of nitrogens with one attached hydrogen (secondary N) is 1. The Hall–Kier alpha value is 0.300. The Morgan fingerprint density at radius 3 is 2.54 bits per heavy atom. The number of aliphatic hydroxyl groups excluding tert-OH is 2. The molecule has 0 aromatic carbocycles. The van der Waals surface area contributed by atoms with Crippen LogP contribution in [-0.4, -0.2) is 53.6 Å². The monoisotopic (exact) mass is 521 g/mol. The molecule has 11 atom stereocenters. The fourth-order valence-corrected chi connectivity index (χ4v) is 9.35. The normalized spacial score (nSPS) is 43.8. The molecule has 0 aromatic heterocycles. The third kappa shape index (κ3) is 6.31. The Balaban J connectivity index is 0.00000342. The fourth-order valence-electron chi connectivity index (χ4n) is 9.00. The molecule has 0 aromatic rings. The summed E-state index contributed by atoms with van der Waals surface area (Å²) in [5, 5.41) is 24.1. The van der Waals surface area contributed by atoms with Gasteiger partial charge in [-0.2, -0.15) is 0 Å². The molecule has 0 radical (unpaired) electrons. The molecule has 0 unspecified atom stereocenters. The number of hydrogen-bond acceptors (Lipinski definition) is 6. The summed E-state index contributed by atoms with van der Waals surface area (Å²) in [4.78, 5) is 12.2. The van der Waals surface area contributed by atoms with Gasteiger partial charge in [0.05, 0.1) is 28.1 Å². The van der Waals surface area contributed by atoms with Crippen LogP contribution in [0.25, 0.3) is 0 Å². The average molecular weight is 522 g/mol. The van der Waals surface area contributed by atoms with Gasteiger partial charge in [-0.1, -0.05) is 20.8 Å². The average Bonchev–Trinajstić information content (AvgIpc) is 3.19. The standard InChI is InChI=1S/C26H45NO6S.Na/c1-15(4-7-23(30)27-10-11-34(31,32)33)19-5-6-20-24(19)16(2)12-21-25(20)22(29)14-17-13-18(28)8-9-26(17,21)3;/h15-22,24-25,28-29H,4-14H2,1-3H3,(H,27,30)(H,31,32,33);/q;+1/p-1/t15-,16-,17+,18-,19+,20-,21+,22-,24-,25+,26+;/m1./s1. The molecule has 4 fully saturated rings. The summed E-state index contributed by atoms with van der Waals surface area (Å²) in [5.41, 5.74) is 0.224. The van der Waals surface area contributed by atoms with Gasteiger partial charge in [0.1, 0.15) is 0 Å². The van der Waals surface area contributed by atoms with Crippen LogP contribution in [-0.2, 0) is 14.9 Å². The number of rotatable bonds is 7. The van der Waals surface area contributed by atoms with Crippen molar-refractivity contribution in [3.63, 3.8) is 0 Å². The first kappa shape index (κ1) is 29.9. The Morgan fingerprint density at radius 1 is 1.14 bits per heavy atom. The fraction of sp³-hybridized carbons (Fsp3) is 0.962. The van der Waals surface area contributed by atoms with Crippen LogP contribution in [0, 0.1) is 52.8 Å². The Bertz CT molecular complexity index is 855. The predicted molar refractivity (Wildman–Crippen MR) is 129 cm³/mol. The van der Waals surface area contributed by atoms with Crippen molar-refractivity contribution in [3.8, 4) is 0 Å².